The molecule has 1 amide bonds. The van der Waals surface area contributed by atoms with Crippen LogP contribution in [0.2, 0.25) is 0 Å². The molecule has 1 aliphatic heterocycles. The summed E-state index contributed by atoms with van der Waals surface area (Å²) in [6.45, 7) is 4.66. The molecule has 3 nitrogen and oxygen atoms in total. The average Bonchev–Trinajstić information content (AvgIpc) is 2.68. The van der Waals surface area contributed by atoms with Gasteiger partial charge in [0.1, 0.15) is 0 Å². The van der Waals surface area contributed by atoms with Gasteiger partial charge in [0.15, 0.2) is 0 Å². The minimum atomic E-state index is -2.59. The summed E-state index contributed by atoms with van der Waals surface area (Å²) in [6.07, 6.45) is 3.75. The zero-order chi connectivity index (χ0) is 14.8. The highest BCUT2D eigenvalue weighted by molar-refractivity contribution is 6.32. The molecule has 0 aromatic rings. The van der Waals surface area contributed by atoms with Gasteiger partial charge in [0.05, 0.1) is 12.1 Å². The van der Waals surface area contributed by atoms with Crippen LogP contribution in [0.4, 0.5) is 8.78 Å². The number of likely N-dealkylation sites (tertiary alicyclic amines) is 1. The van der Waals surface area contributed by atoms with Crippen LogP contribution < -0.4 is 5.32 Å². The van der Waals surface area contributed by atoms with Crippen LogP contribution in [-0.4, -0.2) is 42.9 Å². The van der Waals surface area contributed by atoms with Crippen molar-refractivity contribution in [3.63, 3.8) is 0 Å². The van der Waals surface area contributed by atoms with Gasteiger partial charge in [-0.15, -0.1) is 0 Å². The Morgan fingerprint density at radius 1 is 1.50 bits per heavy atom. The van der Waals surface area contributed by atoms with Crippen molar-refractivity contribution in [1.82, 2.24) is 10.2 Å². The molecule has 0 unspecified atom stereocenters. The molecule has 0 saturated carbocycles. The van der Waals surface area contributed by atoms with Crippen molar-refractivity contribution in [2.24, 2.45) is 0 Å². The van der Waals surface area contributed by atoms with Crippen LogP contribution in [0, 0.1) is 0 Å². The van der Waals surface area contributed by atoms with Crippen molar-refractivity contribution in [2.45, 2.75) is 18.8 Å². The molecule has 0 aromatic heterocycles. The molecule has 1 heterocycles. The van der Waals surface area contributed by atoms with Crippen molar-refractivity contribution < 1.29 is 13.6 Å². The molecule has 2 rings (SSSR count). The Morgan fingerprint density at radius 2 is 2.25 bits per heavy atom. The number of amides is 1. The standard InChI is InChI=1S/C14H17ClF2N2O/c1-10-2-3-11(12(15)8-10)13(20)18-5-7-19-6-4-14(16,17)9-19/h2-3H,1,4-9H2,(H,18,20). The molecule has 0 radical (unpaired) electrons. The molecule has 2 aliphatic rings. The number of hydrogen-bond donors (Lipinski definition) is 1. The normalized spacial score (nSPS) is 22.4. The first kappa shape index (κ1) is 15.2. The highest BCUT2D eigenvalue weighted by atomic mass is 35.5. The van der Waals surface area contributed by atoms with Gasteiger partial charge in [-0.2, -0.15) is 0 Å². The predicted molar refractivity (Wildman–Crippen MR) is 74.8 cm³/mol. The molecular formula is C14H17ClF2N2O. The van der Waals surface area contributed by atoms with Gasteiger partial charge in [-0.05, 0) is 11.6 Å². The number of halogens is 3. The SMILES string of the molecule is C=C1C=CC(C(=O)NCCN2CCC(F)(F)C2)=C(Cl)C1. The maximum Gasteiger partial charge on any atom is 0.261 e. The number of rotatable bonds is 4. The van der Waals surface area contributed by atoms with Gasteiger partial charge in [-0.25, -0.2) is 8.78 Å². The zero-order valence-corrected chi connectivity index (χ0v) is 11.8. The Labute approximate surface area is 122 Å². The fourth-order valence-corrected chi connectivity index (χ4v) is 2.59. The second-order valence-electron chi connectivity index (χ2n) is 5.12. The minimum absolute atomic E-state index is 0.108. The Bertz CT molecular complexity index is 486. The molecule has 110 valence electrons. The van der Waals surface area contributed by atoms with Gasteiger partial charge in [-0.3, -0.25) is 9.69 Å². The largest absolute Gasteiger partial charge is 0.351 e. The quantitative estimate of drug-likeness (QED) is 0.865. The van der Waals surface area contributed by atoms with Gasteiger partial charge in [0, 0.05) is 37.5 Å². The number of allylic oxidation sites excluding steroid dienone is 3. The van der Waals surface area contributed by atoms with Crippen LogP contribution in [-0.2, 0) is 4.79 Å². The van der Waals surface area contributed by atoms with E-state index in [1.54, 1.807) is 17.1 Å². The highest BCUT2D eigenvalue weighted by Crippen LogP contribution is 2.26. The summed E-state index contributed by atoms with van der Waals surface area (Å²) in [4.78, 5) is 13.6. The fourth-order valence-electron chi connectivity index (χ4n) is 2.26. The predicted octanol–water partition coefficient (Wildman–Crippen LogP) is 2.45. The first-order valence-electron chi connectivity index (χ1n) is 6.50. The molecule has 0 spiro atoms. The van der Waals surface area contributed by atoms with E-state index in [0.717, 1.165) is 5.57 Å². The second kappa shape index (κ2) is 6.06. The average molecular weight is 303 g/mol. The lowest BCUT2D eigenvalue weighted by molar-refractivity contribution is -0.117. The van der Waals surface area contributed by atoms with Gasteiger partial charge in [0.25, 0.3) is 11.8 Å². The number of hydrogen-bond acceptors (Lipinski definition) is 2. The lowest BCUT2D eigenvalue weighted by Gasteiger charge is -2.17. The third-order valence-corrected chi connectivity index (χ3v) is 3.70. The molecular weight excluding hydrogens is 286 g/mol. The first-order valence-corrected chi connectivity index (χ1v) is 6.88. The topological polar surface area (TPSA) is 32.3 Å². The summed E-state index contributed by atoms with van der Waals surface area (Å²) >= 11 is 6.01. The summed E-state index contributed by atoms with van der Waals surface area (Å²) in [6, 6.07) is 0. The van der Waals surface area contributed by atoms with Crippen LogP contribution in [0.15, 0.2) is 34.9 Å². The molecule has 0 bridgehead atoms. The van der Waals surface area contributed by atoms with Crippen LogP contribution in [0.25, 0.3) is 0 Å². The van der Waals surface area contributed by atoms with Crippen molar-refractivity contribution in [3.8, 4) is 0 Å². The van der Waals surface area contributed by atoms with E-state index in [9.17, 15) is 13.6 Å². The van der Waals surface area contributed by atoms with Crippen LogP contribution in [0.1, 0.15) is 12.8 Å². The van der Waals surface area contributed by atoms with Gasteiger partial charge < -0.3 is 5.32 Å². The Morgan fingerprint density at radius 3 is 2.85 bits per heavy atom. The molecule has 0 atom stereocenters. The van der Waals surface area contributed by atoms with Crippen molar-refractivity contribution in [3.05, 3.63) is 34.9 Å². The van der Waals surface area contributed by atoms with E-state index in [1.807, 2.05) is 0 Å². The summed E-state index contributed by atoms with van der Waals surface area (Å²) in [5, 5.41) is 3.16. The summed E-state index contributed by atoms with van der Waals surface area (Å²) in [5.74, 6) is -2.87. The maximum absolute atomic E-state index is 13.0. The number of alkyl halides is 2. The van der Waals surface area contributed by atoms with E-state index in [0.29, 0.717) is 36.7 Å². The van der Waals surface area contributed by atoms with Crippen LogP contribution in [0.5, 0.6) is 0 Å². The van der Waals surface area contributed by atoms with Crippen LogP contribution in [0.3, 0.4) is 0 Å². The fraction of sp³-hybridized carbons (Fsp3) is 0.500. The van der Waals surface area contributed by atoms with Crippen molar-refractivity contribution in [2.75, 3.05) is 26.2 Å². The van der Waals surface area contributed by atoms with Crippen LogP contribution >= 0.6 is 11.6 Å². The zero-order valence-electron chi connectivity index (χ0n) is 11.1. The van der Waals surface area contributed by atoms with Gasteiger partial charge in [0.2, 0.25) is 0 Å². The number of nitrogens with zero attached hydrogens (tertiary/aromatic N) is 1. The van der Waals surface area contributed by atoms with Crippen molar-refractivity contribution in [1.29, 1.82) is 0 Å². The summed E-state index contributed by atoms with van der Waals surface area (Å²) in [5.41, 5.74) is 1.27. The lowest BCUT2D eigenvalue weighted by Crippen LogP contribution is -2.35. The molecule has 20 heavy (non-hydrogen) atoms. The van der Waals surface area contributed by atoms with Gasteiger partial charge in [-0.1, -0.05) is 24.3 Å². The first-order chi connectivity index (χ1) is 9.37. The van der Waals surface area contributed by atoms with E-state index in [1.165, 1.54) is 0 Å². The Balaban J connectivity index is 1.78. The Kier molecular flexibility index (Phi) is 4.60. The van der Waals surface area contributed by atoms with Gasteiger partial charge >= 0.3 is 0 Å². The monoisotopic (exact) mass is 302 g/mol. The van der Waals surface area contributed by atoms with E-state index in [4.69, 9.17) is 11.6 Å². The molecule has 0 aromatic carbocycles. The summed E-state index contributed by atoms with van der Waals surface area (Å²) < 4.78 is 26.0. The lowest BCUT2D eigenvalue weighted by atomic mass is 10.0. The Hall–Kier alpha value is -1.20. The third-order valence-electron chi connectivity index (χ3n) is 3.37. The second-order valence-corrected chi connectivity index (χ2v) is 5.58. The summed E-state index contributed by atoms with van der Waals surface area (Å²) in [7, 11) is 0. The minimum Gasteiger partial charge on any atom is -0.351 e. The third kappa shape index (κ3) is 3.90. The molecule has 1 N–H and O–H groups in total. The van der Waals surface area contributed by atoms with E-state index >= 15 is 0 Å². The van der Waals surface area contributed by atoms with E-state index in [-0.39, 0.29) is 18.9 Å². The molecule has 1 fully saturated rings. The van der Waals surface area contributed by atoms with E-state index < -0.39 is 5.92 Å². The molecule has 1 saturated heterocycles. The van der Waals surface area contributed by atoms with E-state index in [2.05, 4.69) is 11.9 Å². The molecule has 1 aliphatic carbocycles. The highest BCUT2D eigenvalue weighted by Gasteiger charge is 2.37. The molecule has 6 heteroatoms. The van der Waals surface area contributed by atoms with Crippen molar-refractivity contribution >= 4 is 17.5 Å². The smallest absolute Gasteiger partial charge is 0.261 e. The maximum atomic E-state index is 13.0. The number of carbonyl (C=O) groups is 1. The number of nitrogens with one attached hydrogen (secondary N) is 1. The number of carbonyl (C=O) groups excluding carboxylic acids is 1.